The van der Waals surface area contributed by atoms with Crippen molar-refractivity contribution >= 4 is 0 Å². The van der Waals surface area contributed by atoms with Crippen molar-refractivity contribution in [1.29, 1.82) is 0 Å². The second-order valence-corrected chi connectivity index (χ2v) is 3.77. The third-order valence-electron chi connectivity index (χ3n) is 2.58. The number of hydrogen-bond donors (Lipinski definition) is 1. The van der Waals surface area contributed by atoms with Crippen molar-refractivity contribution in [2.75, 3.05) is 13.2 Å². The minimum Gasteiger partial charge on any atom is -0.392 e. The van der Waals surface area contributed by atoms with Gasteiger partial charge in [0.1, 0.15) is 0 Å². The molecular weight excluding hydrogens is 192 g/mol. The maximum absolute atomic E-state index is 8.88. The zero-order valence-corrected chi connectivity index (χ0v) is 8.69. The Morgan fingerprint density at radius 1 is 1.27 bits per heavy atom. The van der Waals surface area contributed by atoms with Crippen LogP contribution in [0.1, 0.15) is 17.5 Å². The van der Waals surface area contributed by atoms with Gasteiger partial charge in [0.15, 0.2) is 0 Å². The molecule has 1 fully saturated rings. The van der Waals surface area contributed by atoms with Gasteiger partial charge in [-0.2, -0.15) is 0 Å². The van der Waals surface area contributed by atoms with Gasteiger partial charge in [-0.05, 0) is 17.5 Å². The van der Waals surface area contributed by atoms with E-state index in [9.17, 15) is 0 Å². The molecule has 1 heterocycles. The highest BCUT2D eigenvalue weighted by molar-refractivity contribution is 5.21. The lowest BCUT2D eigenvalue weighted by molar-refractivity contribution is 0.0317. The Bertz CT molecular complexity index is 288. The highest BCUT2D eigenvalue weighted by Gasteiger charge is 2.15. The molecule has 0 bridgehead atoms. The normalized spacial score (nSPS) is 20.7. The van der Waals surface area contributed by atoms with Gasteiger partial charge in [-0.25, -0.2) is 0 Å². The Hall–Kier alpha value is -0.900. The Balaban J connectivity index is 1.82. The fourth-order valence-electron chi connectivity index (χ4n) is 1.60. The van der Waals surface area contributed by atoms with E-state index in [1.807, 2.05) is 24.3 Å². The lowest BCUT2D eigenvalue weighted by Crippen LogP contribution is -2.11. The van der Waals surface area contributed by atoms with Crippen LogP contribution in [0.25, 0.3) is 0 Å². The summed E-state index contributed by atoms with van der Waals surface area (Å²) in [6, 6.07) is 7.82. The third kappa shape index (κ3) is 3.02. The summed E-state index contributed by atoms with van der Waals surface area (Å²) in [5, 5.41) is 8.88. The molecule has 1 atom stereocenters. The predicted molar refractivity (Wildman–Crippen MR) is 56.4 cm³/mol. The van der Waals surface area contributed by atoms with Gasteiger partial charge < -0.3 is 14.6 Å². The van der Waals surface area contributed by atoms with Crippen LogP contribution >= 0.6 is 0 Å². The molecule has 15 heavy (non-hydrogen) atoms. The second kappa shape index (κ2) is 5.26. The van der Waals surface area contributed by atoms with Crippen molar-refractivity contribution in [2.45, 2.75) is 25.7 Å². The summed E-state index contributed by atoms with van der Waals surface area (Å²) in [6.07, 6.45) is 1.25. The first kappa shape index (κ1) is 10.6. The Morgan fingerprint density at radius 3 is 2.60 bits per heavy atom. The van der Waals surface area contributed by atoms with Crippen LogP contribution in [0, 0.1) is 0 Å². The van der Waals surface area contributed by atoms with Crippen LogP contribution in [0.5, 0.6) is 0 Å². The van der Waals surface area contributed by atoms with Crippen LogP contribution in [0.4, 0.5) is 0 Å². The smallest absolute Gasteiger partial charge is 0.0834 e. The second-order valence-electron chi connectivity index (χ2n) is 3.77. The molecule has 2 rings (SSSR count). The summed E-state index contributed by atoms with van der Waals surface area (Å²) in [5.74, 6) is 0. The summed E-state index contributed by atoms with van der Waals surface area (Å²) in [7, 11) is 0. The molecule has 0 unspecified atom stereocenters. The first-order valence-corrected chi connectivity index (χ1v) is 5.26. The largest absolute Gasteiger partial charge is 0.392 e. The Morgan fingerprint density at radius 2 is 2.00 bits per heavy atom. The molecule has 82 valence electrons. The van der Waals surface area contributed by atoms with Crippen molar-refractivity contribution in [1.82, 2.24) is 0 Å². The first-order valence-electron chi connectivity index (χ1n) is 5.26. The van der Waals surface area contributed by atoms with Crippen molar-refractivity contribution < 1.29 is 14.6 Å². The number of rotatable bonds is 4. The zero-order valence-electron chi connectivity index (χ0n) is 8.69. The van der Waals surface area contributed by atoms with E-state index in [1.54, 1.807) is 0 Å². The number of benzene rings is 1. The van der Waals surface area contributed by atoms with E-state index in [2.05, 4.69) is 0 Å². The third-order valence-corrected chi connectivity index (χ3v) is 2.58. The molecular formula is C12H16O3. The van der Waals surface area contributed by atoms with Crippen molar-refractivity contribution in [3.63, 3.8) is 0 Å². The number of aliphatic hydroxyl groups is 1. The SMILES string of the molecule is OCc1ccc(CO[C@H]2CCOC2)cc1. The molecule has 0 aromatic heterocycles. The van der Waals surface area contributed by atoms with Gasteiger partial charge in [-0.3, -0.25) is 0 Å². The zero-order chi connectivity index (χ0) is 10.5. The Labute approximate surface area is 89.6 Å². The molecule has 1 aliphatic rings. The topological polar surface area (TPSA) is 38.7 Å². The summed E-state index contributed by atoms with van der Waals surface area (Å²) < 4.78 is 10.9. The van der Waals surface area contributed by atoms with Crippen LogP contribution in [0.15, 0.2) is 24.3 Å². The summed E-state index contributed by atoms with van der Waals surface area (Å²) in [6.45, 7) is 2.25. The lowest BCUT2D eigenvalue weighted by atomic mass is 10.1. The minimum absolute atomic E-state index is 0.0948. The standard InChI is InChI=1S/C12H16O3/c13-7-10-1-3-11(4-2-10)8-15-12-5-6-14-9-12/h1-4,12-13H,5-9H2/t12-/m0/s1. The van der Waals surface area contributed by atoms with E-state index >= 15 is 0 Å². The van der Waals surface area contributed by atoms with Crippen molar-refractivity contribution in [2.24, 2.45) is 0 Å². The molecule has 0 spiro atoms. The van der Waals surface area contributed by atoms with Crippen molar-refractivity contribution in [3.8, 4) is 0 Å². The lowest BCUT2D eigenvalue weighted by Gasteiger charge is -2.09. The summed E-state index contributed by atoms with van der Waals surface area (Å²) >= 11 is 0. The number of hydrogen-bond acceptors (Lipinski definition) is 3. The van der Waals surface area contributed by atoms with E-state index in [4.69, 9.17) is 14.6 Å². The molecule has 3 nitrogen and oxygen atoms in total. The van der Waals surface area contributed by atoms with Gasteiger partial charge in [-0.1, -0.05) is 24.3 Å². The average Bonchev–Trinajstić information content (AvgIpc) is 2.80. The van der Waals surface area contributed by atoms with Crippen LogP contribution < -0.4 is 0 Å². The van der Waals surface area contributed by atoms with E-state index in [1.165, 1.54) is 0 Å². The molecule has 1 aromatic rings. The quantitative estimate of drug-likeness (QED) is 0.814. The fraction of sp³-hybridized carbons (Fsp3) is 0.500. The minimum atomic E-state index is 0.0948. The average molecular weight is 208 g/mol. The van der Waals surface area contributed by atoms with E-state index in [0.29, 0.717) is 13.2 Å². The maximum Gasteiger partial charge on any atom is 0.0834 e. The van der Waals surface area contributed by atoms with Gasteiger partial charge in [-0.15, -0.1) is 0 Å². The molecule has 1 aromatic carbocycles. The van der Waals surface area contributed by atoms with Gasteiger partial charge in [0, 0.05) is 6.61 Å². The first-order chi connectivity index (χ1) is 7.38. The summed E-state index contributed by atoms with van der Waals surface area (Å²) in [4.78, 5) is 0. The molecule has 1 saturated heterocycles. The summed E-state index contributed by atoms with van der Waals surface area (Å²) in [5.41, 5.74) is 2.07. The van der Waals surface area contributed by atoms with Gasteiger partial charge >= 0.3 is 0 Å². The van der Waals surface area contributed by atoms with Gasteiger partial charge in [0.05, 0.1) is 25.9 Å². The highest BCUT2D eigenvalue weighted by atomic mass is 16.5. The molecule has 1 aliphatic heterocycles. The van der Waals surface area contributed by atoms with E-state index < -0.39 is 0 Å². The highest BCUT2D eigenvalue weighted by Crippen LogP contribution is 2.12. The van der Waals surface area contributed by atoms with Crippen LogP contribution in [-0.2, 0) is 22.7 Å². The van der Waals surface area contributed by atoms with Crippen LogP contribution in [-0.4, -0.2) is 24.4 Å². The van der Waals surface area contributed by atoms with Gasteiger partial charge in [0.2, 0.25) is 0 Å². The van der Waals surface area contributed by atoms with Gasteiger partial charge in [0.25, 0.3) is 0 Å². The monoisotopic (exact) mass is 208 g/mol. The Kier molecular flexibility index (Phi) is 3.72. The molecule has 0 saturated carbocycles. The number of ether oxygens (including phenoxy) is 2. The van der Waals surface area contributed by atoms with E-state index in [-0.39, 0.29) is 12.7 Å². The molecule has 0 radical (unpaired) electrons. The van der Waals surface area contributed by atoms with Crippen LogP contribution in [0.3, 0.4) is 0 Å². The predicted octanol–water partition coefficient (Wildman–Crippen LogP) is 1.48. The molecule has 1 N–H and O–H groups in total. The fourth-order valence-corrected chi connectivity index (χ4v) is 1.60. The van der Waals surface area contributed by atoms with Crippen LogP contribution in [0.2, 0.25) is 0 Å². The number of aliphatic hydroxyl groups excluding tert-OH is 1. The molecule has 0 aliphatic carbocycles. The van der Waals surface area contributed by atoms with E-state index in [0.717, 1.165) is 24.2 Å². The molecule has 3 heteroatoms. The van der Waals surface area contributed by atoms with Crippen molar-refractivity contribution in [3.05, 3.63) is 35.4 Å². The maximum atomic E-state index is 8.88. The molecule has 0 amide bonds.